The normalized spacial score (nSPS) is 23.5. The number of hydrogen-bond acceptors (Lipinski definition) is 2. The van der Waals surface area contributed by atoms with Crippen LogP contribution in [-0.2, 0) is 8.85 Å². The Morgan fingerprint density at radius 1 is 1.15 bits per heavy atom. The summed E-state index contributed by atoms with van der Waals surface area (Å²) in [5, 5.41) is 0. The van der Waals surface area contributed by atoms with Gasteiger partial charge in [-0.3, -0.25) is 0 Å². The maximum Gasteiger partial charge on any atom is 0.344 e. The Labute approximate surface area is 81.9 Å². The fourth-order valence-electron chi connectivity index (χ4n) is 2.19. The molecule has 0 aromatic carbocycles. The minimum absolute atomic E-state index is 0.830. The van der Waals surface area contributed by atoms with Crippen LogP contribution in [0.1, 0.15) is 39.0 Å². The van der Waals surface area contributed by atoms with Gasteiger partial charge in [-0.15, -0.1) is 0 Å². The molecule has 2 aliphatic rings. The molecule has 0 aromatic heterocycles. The summed E-state index contributed by atoms with van der Waals surface area (Å²) in [6.07, 6.45) is 6.57. The summed E-state index contributed by atoms with van der Waals surface area (Å²) in [5.74, 6) is 0. The largest absolute Gasteiger partial charge is 0.397 e. The predicted octanol–water partition coefficient (Wildman–Crippen LogP) is 2.83. The first-order chi connectivity index (χ1) is 6.33. The topological polar surface area (TPSA) is 18.5 Å². The van der Waals surface area contributed by atoms with E-state index in [0.29, 0.717) is 0 Å². The average Bonchev–Trinajstić information content (AvgIpc) is 2.99. The van der Waals surface area contributed by atoms with Gasteiger partial charge < -0.3 is 8.85 Å². The molecule has 13 heavy (non-hydrogen) atoms. The van der Waals surface area contributed by atoms with Gasteiger partial charge in [0.25, 0.3) is 0 Å². The zero-order valence-corrected chi connectivity index (χ0v) is 9.71. The van der Waals surface area contributed by atoms with Gasteiger partial charge >= 0.3 is 8.56 Å². The highest BCUT2D eigenvalue weighted by Gasteiger charge is 2.60. The molecule has 2 nitrogen and oxygen atoms in total. The van der Waals surface area contributed by atoms with Crippen LogP contribution in [0.3, 0.4) is 0 Å². The van der Waals surface area contributed by atoms with E-state index in [0.717, 1.165) is 24.1 Å². The Kier molecular flexibility index (Phi) is 2.77. The molecule has 0 spiro atoms. The van der Waals surface area contributed by atoms with E-state index < -0.39 is 8.56 Å². The van der Waals surface area contributed by atoms with Gasteiger partial charge in [-0.1, -0.05) is 6.92 Å². The van der Waals surface area contributed by atoms with Crippen molar-refractivity contribution in [2.45, 2.75) is 50.1 Å². The first-order valence-electron chi connectivity index (χ1n) is 5.52. The zero-order valence-electron chi connectivity index (χ0n) is 8.71. The predicted molar refractivity (Wildman–Crippen MR) is 55.0 cm³/mol. The van der Waals surface area contributed by atoms with Crippen LogP contribution in [0.4, 0.5) is 0 Å². The summed E-state index contributed by atoms with van der Waals surface area (Å²) >= 11 is 0. The van der Waals surface area contributed by atoms with Crippen LogP contribution < -0.4 is 0 Å². The van der Waals surface area contributed by atoms with Crippen molar-refractivity contribution in [2.75, 3.05) is 13.7 Å². The lowest BCUT2D eigenvalue weighted by Crippen LogP contribution is -2.42. The fraction of sp³-hybridized carbons (Fsp3) is 1.00. The summed E-state index contributed by atoms with van der Waals surface area (Å²) in [4.78, 5) is 0. The highest BCUT2D eigenvalue weighted by molar-refractivity contribution is 6.72. The second kappa shape index (κ2) is 3.71. The van der Waals surface area contributed by atoms with Crippen LogP contribution in [0.15, 0.2) is 0 Å². The van der Waals surface area contributed by atoms with Crippen LogP contribution in [0.5, 0.6) is 0 Å². The van der Waals surface area contributed by atoms with Crippen molar-refractivity contribution in [3.63, 3.8) is 0 Å². The Hall–Kier alpha value is 0.137. The van der Waals surface area contributed by atoms with Crippen LogP contribution >= 0.6 is 0 Å². The molecule has 0 atom stereocenters. The van der Waals surface area contributed by atoms with Gasteiger partial charge in [0, 0.05) is 24.8 Å². The molecule has 76 valence electrons. The lowest BCUT2D eigenvalue weighted by Gasteiger charge is -2.29. The standard InChI is InChI=1S/C10H20O2Si/c1-3-8-12-13(11-2,9-4-5-9)10-6-7-10/h9-10H,3-8H2,1-2H3. The van der Waals surface area contributed by atoms with Crippen LogP contribution in [0, 0.1) is 0 Å². The van der Waals surface area contributed by atoms with Gasteiger partial charge in [-0.2, -0.15) is 0 Å². The molecular weight excluding hydrogens is 180 g/mol. The second-order valence-corrected chi connectivity index (χ2v) is 8.10. The van der Waals surface area contributed by atoms with E-state index in [4.69, 9.17) is 8.85 Å². The molecule has 0 aromatic rings. The first kappa shape index (κ1) is 9.68. The maximum absolute atomic E-state index is 6.09. The molecule has 0 aliphatic heterocycles. The average molecular weight is 200 g/mol. The summed E-state index contributed by atoms with van der Waals surface area (Å²) in [6, 6.07) is 0. The lowest BCUT2D eigenvalue weighted by atomic mass is 10.5. The third-order valence-electron chi connectivity index (χ3n) is 3.14. The van der Waals surface area contributed by atoms with E-state index in [1.54, 1.807) is 0 Å². The minimum Gasteiger partial charge on any atom is -0.397 e. The fourth-order valence-corrected chi connectivity index (χ4v) is 6.58. The molecule has 2 aliphatic carbocycles. The van der Waals surface area contributed by atoms with Crippen molar-refractivity contribution in [3.05, 3.63) is 0 Å². The van der Waals surface area contributed by atoms with E-state index in [-0.39, 0.29) is 0 Å². The van der Waals surface area contributed by atoms with Gasteiger partial charge in [-0.05, 0) is 32.1 Å². The lowest BCUT2D eigenvalue weighted by molar-refractivity contribution is 0.194. The Morgan fingerprint density at radius 2 is 1.69 bits per heavy atom. The van der Waals surface area contributed by atoms with Crippen molar-refractivity contribution in [1.82, 2.24) is 0 Å². The Balaban J connectivity index is 1.97. The summed E-state index contributed by atoms with van der Waals surface area (Å²) in [7, 11) is 0.151. The summed E-state index contributed by atoms with van der Waals surface area (Å²) in [6.45, 7) is 3.08. The third-order valence-corrected chi connectivity index (χ3v) is 7.87. The Morgan fingerprint density at radius 3 is 2.00 bits per heavy atom. The molecule has 0 radical (unpaired) electrons. The van der Waals surface area contributed by atoms with E-state index in [1.165, 1.54) is 25.7 Å². The van der Waals surface area contributed by atoms with Crippen molar-refractivity contribution in [3.8, 4) is 0 Å². The van der Waals surface area contributed by atoms with Gasteiger partial charge in [0.15, 0.2) is 0 Å². The zero-order chi connectivity index (χ0) is 9.31. The molecule has 0 heterocycles. The molecule has 2 rings (SSSR count). The van der Waals surface area contributed by atoms with Crippen molar-refractivity contribution < 1.29 is 8.85 Å². The van der Waals surface area contributed by atoms with E-state index in [2.05, 4.69) is 6.92 Å². The van der Waals surface area contributed by atoms with E-state index in [9.17, 15) is 0 Å². The van der Waals surface area contributed by atoms with Gasteiger partial charge in [0.05, 0.1) is 0 Å². The first-order valence-corrected chi connectivity index (χ1v) is 7.49. The molecule has 2 fully saturated rings. The summed E-state index contributed by atoms with van der Waals surface area (Å²) in [5.41, 5.74) is 1.66. The molecular formula is C10H20O2Si. The monoisotopic (exact) mass is 200 g/mol. The minimum atomic E-state index is -1.72. The molecule has 0 amide bonds. The van der Waals surface area contributed by atoms with Crippen LogP contribution in [0.2, 0.25) is 11.1 Å². The van der Waals surface area contributed by atoms with Crippen molar-refractivity contribution >= 4 is 8.56 Å². The molecule has 2 saturated carbocycles. The van der Waals surface area contributed by atoms with Crippen LogP contribution in [-0.4, -0.2) is 22.3 Å². The summed E-state index contributed by atoms with van der Waals surface area (Å²) < 4.78 is 11.9. The molecule has 0 unspecified atom stereocenters. The van der Waals surface area contributed by atoms with Gasteiger partial charge in [0.2, 0.25) is 0 Å². The van der Waals surface area contributed by atoms with E-state index >= 15 is 0 Å². The van der Waals surface area contributed by atoms with Gasteiger partial charge in [0.1, 0.15) is 0 Å². The van der Waals surface area contributed by atoms with Crippen LogP contribution in [0.25, 0.3) is 0 Å². The molecule has 0 bridgehead atoms. The van der Waals surface area contributed by atoms with E-state index in [1.807, 2.05) is 7.11 Å². The van der Waals surface area contributed by atoms with Crippen molar-refractivity contribution in [1.29, 1.82) is 0 Å². The smallest absolute Gasteiger partial charge is 0.344 e. The molecule has 0 saturated heterocycles. The molecule has 3 heteroatoms. The highest BCUT2D eigenvalue weighted by atomic mass is 28.4. The molecule has 0 N–H and O–H groups in total. The third kappa shape index (κ3) is 1.83. The Bertz CT molecular complexity index is 164. The SMILES string of the molecule is CCCO[Si](OC)(C1CC1)C1CC1. The number of hydrogen-bond donors (Lipinski definition) is 0. The number of rotatable bonds is 6. The van der Waals surface area contributed by atoms with Gasteiger partial charge in [-0.25, -0.2) is 0 Å². The highest BCUT2D eigenvalue weighted by Crippen LogP contribution is 2.58. The second-order valence-electron chi connectivity index (χ2n) is 4.32. The quantitative estimate of drug-likeness (QED) is 0.614. The van der Waals surface area contributed by atoms with Crippen molar-refractivity contribution in [2.24, 2.45) is 0 Å². The maximum atomic E-state index is 6.09.